The van der Waals surface area contributed by atoms with E-state index >= 15 is 0 Å². The van der Waals surface area contributed by atoms with Crippen LogP contribution in [0.4, 0.5) is 5.95 Å². The van der Waals surface area contributed by atoms with Gasteiger partial charge in [0.05, 0.1) is 52.0 Å². The van der Waals surface area contributed by atoms with Crippen LogP contribution in [0, 0.1) is 11.8 Å². The lowest BCUT2D eigenvalue weighted by atomic mass is 9.94. The van der Waals surface area contributed by atoms with Crippen molar-refractivity contribution in [3.05, 3.63) is 47.8 Å². The number of carboxylic acid groups (broad SMARTS) is 1. The van der Waals surface area contributed by atoms with Crippen LogP contribution in [-0.2, 0) is 36.8 Å². The topological polar surface area (TPSA) is 132 Å². The van der Waals surface area contributed by atoms with Gasteiger partial charge in [-0.25, -0.2) is 9.97 Å². The first-order chi connectivity index (χ1) is 19.9. The number of anilines is 1. The number of carboxylic acids is 1. The van der Waals surface area contributed by atoms with Gasteiger partial charge in [0.1, 0.15) is 5.75 Å². The quantitative estimate of drug-likeness (QED) is 0.227. The number of aliphatic carboxylic acids is 1. The van der Waals surface area contributed by atoms with Crippen LogP contribution < -0.4 is 10.1 Å². The van der Waals surface area contributed by atoms with Crippen molar-refractivity contribution in [2.24, 2.45) is 11.8 Å². The predicted molar refractivity (Wildman–Crippen MR) is 154 cm³/mol. The van der Waals surface area contributed by atoms with E-state index in [-0.39, 0.29) is 12.3 Å². The van der Waals surface area contributed by atoms with Crippen molar-refractivity contribution in [3.8, 4) is 5.75 Å². The Kier molecular flexibility index (Phi) is 14.3. The van der Waals surface area contributed by atoms with Crippen LogP contribution in [0.1, 0.15) is 44.2 Å². The number of nitrogens with zero attached hydrogens (tertiary/aromatic N) is 3. The number of aromatic nitrogens is 2. The summed E-state index contributed by atoms with van der Waals surface area (Å²) >= 11 is 0. The highest BCUT2D eigenvalue weighted by atomic mass is 16.5. The molecule has 0 aliphatic carbocycles. The number of hydrogen-bond donors (Lipinski definition) is 2. The molecule has 0 bridgehead atoms. The van der Waals surface area contributed by atoms with Crippen LogP contribution in [0.5, 0.6) is 5.75 Å². The lowest BCUT2D eigenvalue weighted by Crippen LogP contribution is -2.37. The summed E-state index contributed by atoms with van der Waals surface area (Å²) in [5.41, 5.74) is 1.92. The Morgan fingerprint density at radius 3 is 2.44 bits per heavy atom. The lowest BCUT2D eigenvalue weighted by molar-refractivity contribution is -0.145. The fourth-order valence-corrected chi connectivity index (χ4v) is 4.38. The van der Waals surface area contributed by atoms with E-state index < -0.39 is 11.9 Å². The molecule has 41 heavy (non-hydrogen) atoms. The fraction of sp³-hybridized carbons (Fsp3) is 0.600. The summed E-state index contributed by atoms with van der Waals surface area (Å²) in [6, 6.07) is 7.53. The summed E-state index contributed by atoms with van der Waals surface area (Å²) < 4.78 is 22.7. The Morgan fingerprint density at radius 1 is 1.02 bits per heavy atom. The Hall–Kier alpha value is -3.28. The standard InChI is InChI=1S/C30H44N4O7/c1-23(2)7-13-38-15-17-40-18-16-39-14-11-34-22-26-20-27(41-12-4-10-33-30-31-8-3-9-32-30)6-5-24(26)19-25(29(34)37)21-28(35)36/h3,5-6,8-9,20,23,25H,4,7,10-19,21-22H2,1-2H3,(H,35,36)(H,31,32,33)/t25-/m0/s1. The van der Waals surface area contributed by atoms with Gasteiger partial charge in [-0.2, -0.15) is 0 Å². The molecule has 11 nitrogen and oxygen atoms in total. The second-order valence-corrected chi connectivity index (χ2v) is 10.4. The first-order valence-electron chi connectivity index (χ1n) is 14.4. The molecule has 1 aliphatic rings. The van der Waals surface area contributed by atoms with E-state index in [9.17, 15) is 14.7 Å². The second-order valence-electron chi connectivity index (χ2n) is 10.4. The van der Waals surface area contributed by atoms with Crippen molar-refractivity contribution in [3.63, 3.8) is 0 Å². The zero-order valence-electron chi connectivity index (χ0n) is 24.3. The van der Waals surface area contributed by atoms with Gasteiger partial charge in [0, 0.05) is 38.6 Å². The lowest BCUT2D eigenvalue weighted by Gasteiger charge is -2.24. The number of ether oxygens (including phenoxy) is 4. The molecule has 0 radical (unpaired) electrons. The van der Waals surface area contributed by atoms with Crippen molar-refractivity contribution >= 4 is 17.8 Å². The Morgan fingerprint density at radius 2 is 1.73 bits per heavy atom. The number of benzene rings is 1. The molecule has 2 N–H and O–H groups in total. The van der Waals surface area contributed by atoms with E-state index in [4.69, 9.17) is 18.9 Å². The van der Waals surface area contributed by atoms with Gasteiger partial charge in [-0.05, 0) is 54.5 Å². The average Bonchev–Trinajstić information content (AvgIpc) is 3.07. The van der Waals surface area contributed by atoms with E-state index in [1.807, 2.05) is 18.2 Å². The highest BCUT2D eigenvalue weighted by molar-refractivity contribution is 5.84. The van der Waals surface area contributed by atoms with Crippen molar-refractivity contribution in [2.45, 2.75) is 46.1 Å². The third kappa shape index (κ3) is 12.4. The molecular formula is C30H44N4O7. The van der Waals surface area contributed by atoms with Crippen molar-refractivity contribution in [1.82, 2.24) is 14.9 Å². The maximum absolute atomic E-state index is 13.2. The maximum Gasteiger partial charge on any atom is 0.304 e. The summed E-state index contributed by atoms with van der Waals surface area (Å²) in [7, 11) is 0. The monoisotopic (exact) mass is 572 g/mol. The zero-order chi connectivity index (χ0) is 29.3. The molecule has 1 aliphatic heterocycles. The Labute approximate surface area is 242 Å². The number of rotatable bonds is 20. The van der Waals surface area contributed by atoms with E-state index in [1.165, 1.54) is 0 Å². The van der Waals surface area contributed by atoms with E-state index in [2.05, 4.69) is 29.1 Å². The van der Waals surface area contributed by atoms with Crippen LogP contribution in [-0.4, -0.2) is 91.2 Å². The molecule has 226 valence electrons. The van der Waals surface area contributed by atoms with Gasteiger partial charge in [-0.15, -0.1) is 0 Å². The van der Waals surface area contributed by atoms with Crippen LogP contribution in [0.3, 0.4) is 0 Å². The Bertz CT molecular complexity index is 1050. The van der Waals surface area contributed by atoms with E-state index in [0.29, 0.717) is 83.3 Å². The Balaban J connectivity index is 1.44. The molecule has 1 aromatic heterocycles. The number of fused-ring (bicyclic) bond motifs is 1. The molecule has 1 atom stereocenters. The molecule has 0 saturated heterocycles. The second kappa shape index (κ2) is 18.2. The van der Waals surface area contributed by atoms with Crippen LogP contribution in [0.25, 0.3) is 0 Å². The predicted octanol–water partition coefficient (Wildman–Crippen LogP) is 3.43. The van der Waals surface area contributed by atoms with Crippen LogP contribution in [0.15, 0.2) is 36.7 Å². The van der Waals surface area contributed by atoms with Crippen molar-refractivity contribution < 1.29 is 33.6 Å². The summed E-state index contributed by atoms with van der Waals surface area (Å²) in [6.45, 7) is 9.25. The smallest absolute Gasteiger partial charge is 0.304 e. The van der Waals surface area contributed by atoms with Crippen molar-refractivity contribution in [2.75, 3.05) is 64.7 Å². The van der Waals surface area contributed by atoms with Crippen molar-refractivity contribution in [1.29, 1.82) is 0 Å². The maximum atomic E-state index is 13.2. The number of nitrogens with one attached hydrogen (secondary N) is 1. The molecule has 1 aromatic carbocycles. The molecule has 3 rings (SSSR count). The number of carbonyl (C=O) groups is 2. The fourth-order valence-electron chi connectivity index (χ4n) is 4.38. The van der Waals surface area contributed by atoms with E-state index in [0.717, 1.165) is 30.6 Å². The normalized spacial score (nSPS) is 15.0. The largest absolute Gasteiger partial charge is 0.494 e. The van der Waals surface area contributed by atoms with Gasteiger partial charge in [-0.3, -0.25) is 9.59 Å². The number of amides is 1. The molecule has 0 unspecified atom stereocenters. The van der Waals surface area contributed by atoms with Crippen LogP contribution >= 0.6 is 0 Å². The van der Waals surface area contributed by atoms with Gasteiger partial charge >= 0.3 is 5.97 Å². The summed E-state index contributed by atoms with van der Waals surface area (Å²) in [5, 5.41) is 12.6. The molecule has 0 saturated carbocycles. The van der Waals surface area contributed by atoms with Gasteiger partial charge in [0.2, 0.25) is 11.9 Å². The first kappa shape index (κ1) is 32.2. The average molecular weight is 573 g/mol. The van der Waals surface area contributed by atoms with Gasteiger partial charge in [0.25, 0.3) is 0 Å². The molecule has 0 fully saturated rings. The van der Waals surface area contributed by atoms with E-state index in [1.54, 1.807) is 23.4 Å². The summed E-state index contributed by atoms with van der Waals surface area (Å²) in [5.74, 6) is 0.146. The highest BCUT2D eigenvalue weighted by Gasteiger charge is 2.31. The SMILES string of the molecule is CC(C)CCOCCOCCOCCN1Cc2cc(OCCCNc3ncccn3)ccc2C[C@@H](CC(=O)O)C1=O. The molecule has 11 heteroatoms. The molecular weight excluding hydrogens is 528 g/mol. The van der Waals surface area contributed by atoms with Crippen LogP contribution in [0.2, 0.25) is 0 Å². The highest BCUT2D eigenvalue weighted by Crippen LogP contribution is 2.28. The molecule has 2 aromatic rings. The zero-order valence-corrected chi connectivity index (χ0v) is 24.3. The first-order valence-corrected chi connectivity index (χ1v) is 14.4. The number of carbonyl (C=O) groups excluding carboxylic acids is 1. The third-order valence-electron chi connectivity index (χ3n) is 6.62. The minimum atomic E-state index is -0.984. The molecule has 0 spiro atoms. The van der Waals surface area contributed by atoms with Gasteiger partial charge < -0.3 is 34.3 Å². The minimum absolute atomic E-state index is 0.168. The summed E-state index contributed by atoms with van der Waals surface area (Å²) in [4.78, 5) is 34.7. The number of hydrogen-bond acceptors (Lipinski definition) is 9. The minimum Gasteiger partial charge on any atom is -0.494 e. The van der Waals surface area contributed by atoms with Gasteiger partial charge in [0.15, 0.2) is 0 Å². The summed E-state index contributed by atoms with van der Waals surface area (Å²) in [6.07, 6.45) is 5.33. The van der Waals surface area contributed by atoms with Gasteiger partial charge in [-0.1, -0.05) is 19.9 Å². The third-order valence-corrected chi connectivity index (χ3v) is 6.62. The molecule has 1 amide bonds. The molecule has 2 heterocycles.